The van der Waals surface area contributed by atoms with Crippen molar-refractivity contribution >= 4 is 40.7 Å². The largest absolute Gasteiger partial charge is 0.344 e. The highest BCUT2D eigenvalue weighted by atomic mass is 35.5. The number of carbonyl (C=O) groups is 2. The molecule has 1 aromatic heterocycles. The summed E-state index contributed by atoms with van der Waals surface area (Å²) in [7, 11) is 0. The molecule has 2 aromatic carbocycles. The number of hydrogen-bond acceptors (Lipinski definition) is 4. The first-order valence-corrected chi connectivity index (χ1v) is 8.27. The first-order valence-electron chi connectivity index (χ1n) is 7.51. The molecule has 0 fully saturated rings. The fourth-order valence-electron chi connectivity index (χ4n) is 2.15. The summed E-state index contributed by atoms with van der Waals surface area (Å²) in [5.74, 6) is -1.54. The first kappa shape index (κ1) is 17.9. The highest BCUT2D eigenvalue weighted by molar-refractivity contribution is 6.39. The van der Waals surface area contributed by atoms with Gasteiger partial charge in [-0.15, -0.1) is 0 Å². The van der Waals surface area contributed by atoms with Crippen molar-refractivity contribution in [2.75, 3.05) is 5.32 Å². The van der Waals surface area contributed by atoms with Gasteiger partial charge in [-0.3, -0.25) is 9.59 Å². The summed E-state index contributed by atoms with van der Waals surface area (Å²) in [6.45, 7) is 0.119. The van der Waals surface area contributed by atoms with E-state index in [1.807, 2.05) is 0 Å². The Hall–Kier alpha value is -2.90. The number of halogens is 2. The maximum atomic E-state index is 12.0. The summed E-state index contributed by atoms with van der Waals surface area (Å²) in [5.41, 5.74) is 1.93. The van der Waals surface area contributed by atoms with Gasteiger partial charge in [-0.25, -0.2) is 9.67 Å². The van der Waals surface area contributed by atoms with E-state index in [2.05, 4.69) is 20.7 Å². The second-order valence-electron chi connectivity index (χ2n) is 5.26. The predicted octanol–water partition coefficient (Wildman–Crippen LogP) is 2.83. The van der Waals surface area contributed by atoms with Gasteiger partial charge in [-0.05, 0) is 42.0 Å². The summed E-state index contributed by atoms with van der Waals surface area (Å²) < 4.78 is 1.58. The van der Waals surface area contributed by atoms with Crippen LogP contribution >= 0.6 is 23.2 Å². The van der Waals surface area contributed by atoms with Crippen LogP contribution in [0.25, 0.3) is 5.69 Å². The van der Waals surface area contributed by atoms with E-state index < -0.39 is 11.8 Å². The number of amides is 2. The van der Waals surface area contributed by atoms with Gasteiger partial charge in [0.05, 0.1) is 5.69 Å². The fourth-order valence-corrected chi connectivity index (χ4v) is 2.62. The lowest BCUT2D eigenvalue weighted by Crippen LogP contribution is -2.35. The zero-order valence-corrected chi connectivity index (χ0v) is 14.8. The van der Waals surface area contributed by atoms with Crippen LogP contribution in [-0.2, 0) is 16.1 Å². The van der Waals surface area contributed by atoms with Gasteiger partial charge >= 0.3 is 11.8 Å². The fraction of sp³-hybridized carbons (Fsp3) is 0.0588. The zero-order valence-electron chi connectivity index (χ0n) is 13.3. The predicted molar refractivity (Wildman–Crippen MR) is 98.3 cm³/mol. The Morgan fingerprint density at radius 3 is 2.46 bits per heavy atom. The van der Waals surface area contributed by atoms with Crippen LogP contribution in [0.4, 0.5) is 5.69 Å². The van der Waals surface area contributed by atoms with E-state index in [4.69, 9.17) is 23.2 Å². The SMILES string of the molecule is O=C(NCc1ccc(Cl)cc1Cl)C(=O)Nc1ccc(-n2cncn2)cc1. The summed E-state index contributed by atoms with van der Waals surface area (Å²) in [6.07, 6.45) is 2.98. The van der Waals surface area contributed by atoms with Gasteiger partial charge in [0.15, 0.2) is 0 Å². The van der Waals surface area contributed by atoms with E-state index in [1.165, 1.54) is 6.33 Å². The molecule has 26 heavy (non-hydrogen) atoms. The van der Waals surface area contributed by atoms with E-state index in [-0.39, 0.29) is 6.54 Å². The lowest BCUT2D eigenvalue weighted by atomic mass is 10.2. The van der Waals surface area contributed by atoms with Crippen LogP contribution in [0.2, 0.25) is 10.0 Å². The number of nitrogens with zero attached hydrogens (tertiary/aromatic N) is 3. The van der Waals surface area contributed by atoms with Gasteiger partial charge in [0, 0.05) is 22.3 Å². The minimum Gasteiger partial charge on any atom is -0.344 e. The number of carbonyl (C=O) groups excluding carboxylic acids is 2. The second-order valence-corrected chi connectivity index (χ2v) is 6.10. The Morgan fingerprint density at radius 2 is 1.81 bits per heavy atom. The van der Waals surface area contributed by atoms with Crippen molar-refractivity contribution in [3.63, 3.8) is 0 Å². The Balaban J connectivity index is 1.56. The zero-order chi connectivity index (χ0) is 18.5. The molecule has 0 aliphatic carbocycles. The quantitative estimate of drug-likeness (QED) is 0.671. The number of aromatic nitrogens is 3. The molecule has 0 aliphatic rings. The molecule has 2 N–H and O–H groups in total. The molecule has 0 spiro atoms. The Kier molecular flexibility index (Phi) is 5.50. The molecule has 9 heteroatoms. The van der Waals surface area contributed by atoms with Gasteiger partial charge < -0.3 is 10.6 Å². The van der Waals surface area contributed by atoms with Crippen LogP contribution in [0.15, 0.2) is 55.1 Å². The van der Waals surface area contributed by atoms with E-state index in [1.54, 1.807) is 53.5 Å². The highest BCUT2D eigenvalue weighted by Gasteiger charge is 2.14. The standard InChI is InChI=1S/C17H13Cl2N5O2/c18-12-2-1-11(15(19)7-12)8-21-16(25)17(26)23-13-3-5-14(6-4-13)24-10-20-9-22-24/h1-7,9-10H,8H2,(H,21,25)(H,23,26). The number of benzene rings is 2. The van der Waals surface area contributed by atoms with Crippen molar-refractivity contribution in [2.45, 2.75) is 6.54 Å². The van der Waals surface area contributed by atoms with Crippen molar-refractivity contribution in [2.24, 2.45) is 0 Å². The van der Waals surface area contributed by atoms with Crippen LogP contribution in [-0.4, -0.2) is 26.6 Å². The van der Waals surface area contributed by atoms with Crippen LogP contribution in [0.1, 0.15) is 5.56 Å². The third-order valence-electron chi connectivity index (χ3n) is 3.47. The Labute approximate surface area is 158 Å². The summed E-state index contributed by atoms with van der Waals surface area (Å²) in [4.78, 5) is 27.8. The monoisotopic (exact) mass is 389 g/mol. The highest BCUT2D eigenvalue weighted by Crippen LogP contribution is 2.20. The molecule has 132 valence electrons. The Bertz CT molecular complexity index is 927. The third kappa shape index (κ3) is 4.38. The minimum atomic E-state index is -0.774. The minimum absolute atomic E-state index is 0.119. The van der Waals surface area contributed by atoms with Gasteiger partial charge in [0.1, 0.15) is 12.7 Å². The molecular weight excluding hydrogens is 377 g/mol. The van der Waals surface area contributed by atoms with Gasteiger partial charge in [-0.1, -0.05) is 29.3 Å². The lowest BCUT2D eigenvalue weighted by molar-refractivity contribution is -0.136. The molecule has 7 nitrogen and oxygen atoms in total. The molecule has 1 heterocycles. The number of anilines is 1. The molecular formula is C17H13Cl2N5O2. The molecule has 0 atom stereocenters. The van der Waals surface area contributed by atoms with Crippen LogP contribution in [0, 0.1) is 0 Å². The van der Waals surface area contributed by atoms with E-state index in [0.29, 0.717) is 21.3 Å². The van der Waals surface area contributed by atoms with Crippen LogP contribution < -0.4 is 10.6 Å². The molecule has 0 saturated carbocycles. The second kappa shape index (κ2) is 7.99. The molecule has 0 saturated heterocycles. The Morgan fingerprint density at radius 1 is 1.04 bits per heavy atom. The third-order valence-corrected chi connectivity index (χ3v) is 4.06. The van der Waals surface area contributed by atoms with E-state index in [9.17, 15) is 9.59 Å². The van der Waals surface area contributed by atoms with Crippen molar-refractivity contribution in [1.82, 2.24) is 20.1 Å². The van der Waals surface area contributed by atoms with Gasteiger partial charge in [0.25, 0.3) is 0 Å². The topological polar surface area (TPSA) is 88.9 Å². The maximum absolute atomic E-state index is 12.0. The van der Waals surface area contributed by atoms with E-state index >= 15 is 0 Å². The van der Waals surface area contributed by atoms with E-state index in [0.717, 1.165) is 5.69 Å². The molecule has 0 bridgehead atoms. The summed E-state index contributed by atoms with van der Waals surface area (Å²) in [6, 6.07) is 11.7. The van der Waals surface area contributed by atoms with Crippen molar-refractivity contribution < 1.29 is 9.59 Å². The molecule has 0 aliphatic heterocycles. The van der Waals surface area contributed by atoms with Gasteiger partial charge in [0.2, 0.25) is 0 Å². The number of nitrogens with one attached hydrogen (secondary N) is 2. The number of hydrogen-bond donors (Lipinski definition) is 2. The number of rotatable bonds is 4. The average Bonchev–Trinajstić information content (AvgIpc) is 3.16. The maximum Gasteiger partial charge on any atom is 0.313 e. The van der Waals surface area contributed by atoms with Crippen molar-refractivity contribution in [1.29, 1.82) is 0 Å². The molecule has 0 radical (unpaired) electrons. The van der Waals surface area contributed by atoms with Crippen LogP contribution in [0.3, 0.4) is 0 Å². The van der Waals surface area contributed by atoms with Crippen molar-refractivity contribution in [3.8, 4) is 5.69 Å². The smallest absolute Gasteiger partial charge is 0.313 e. The molecule has 3 aromatic rings. The molecule has 3 rings (SSSR count). The summed E-state index contributed by atoms with van der Waals surface area (Å²) >= 11 is 11.9. The van der Waals surface area contributed by atoms with Crippen LogP contribution in [0.5, 0.6) is 0 Å². The van der Waals surface area contributed by atoms with Gasteiger partial charge in [-0.2, -0.15) is 5.10 Å². The normalized spacial score (nSPS) is 10.4. The summed E-state index contributed by atoms with van der Waals surface area (Å²) in [5, 5.41) is 9.96. The molecule has 2 amide bonds. The first-order chi connectivity index (χ1) is 12.5. The lowest BCUT2D eigenvalue weighted by Gasteiger charge is -2.08. The van der Waals surface area contributed by atoms with Crippen molar-refractivity contribution in [3.05, 3.63) is 70.7 Å². The average molecular weight is 390 g/mol. The molecule has 0 unspecified atom stereocenters.